The first kappa shape index (κ1) is 13.4. The molecule has 0 saturated carbocycles. The summed E-state index contributed by atoms with van der Waals surface area (Å²) in [5, 5.41) is 3.24. The van der Waals surface area contributed by atoms with Crippen molar-refractivity contribution in [2.24, 2.45) is 0 Å². The zero-order valence-corrected chi connectivity index (χ0v) is 11.8. The maximum absolute atomic E-state index is 13.0. The van der Waals surface area contributed by atoms with Gasteiger partial charge < -0.3 is 16.0 Å². The van der Waals surface area contributed by atoms with Crippen LogP contribution in [-0.2, 0) is 6.42 Å². The van der Waals surface area contributed by atoms with Gasteiger partial charge >= 0.3 is 0 Å². The highest BCUT2D eigenvalue weighted by molar-refractivity contribution is 5.80. The van der Waals surface area contributed by atoms with Gasteiger partial charge in [0.1, 0.15) is 5.82 Å². The van der Waals surface area contributed by atoms with E-state index in [4.69, 9.17) is 5.73 Å². The number of aromatic amines is 1. The number of anilines is 2. The van der Waals surface area contributed by atoms with Gasteiger partial charge in [-0.05, 0) is 54.8 Å². The standard InChI is InChI=1S/C16H17FN4/c1-10-8-12(17)3-2-11(10)6-7-19-16-20-14-5-4-13(18)9-15(14)21-16/h2-5,8-9H,6-7,18H2,1H3,(H2,19,20,21). The van der Waals surface area contributed by atoms with Crippen LogP contribution in [0.1, 0.15) is 11.1 Å². The summed E-state index contributed by atoms with van der Waals surface area (Å²) in [5.74, 6) is 0.523. The van der Waals surface area contributed by atoms with E-state index < -0.39 is 0 Å². The molecule has 3 rings (SSSR count). The van der Waals surface area contributed by atoms with E-state index in [9.17, 15) is 4.39 Å². The molecule has 5 heteroatoms. The fraction of sp³-hybridized carbons (Fsp3) is 0.188. The molecule has 4 N–H and O–H groups in total. The zero-order valence-electron chi connectivity index (χ0n) is 11.8. The molecule has 1 aromatic heterocycles. The lowest BCUT2D eigenvalue weighted by molar-refractivity contribution is 0.625. The zero-order chi connectivity index (χ0) is 14.8. The van der Waals surface area contributed by atoms with Gasteiger partial charge in [-0.3, -0.25) is 0 Å². The Bertz CT molecular complexity index is 779. The maximum atomic E-state index is 13.0. The van der Waals surface area contributed by atoms with E-state index in [0.29, 0.717) is 5.69 Å². The normalized spacial score (nSPS) is 11.0. The summed E-state index contributed by atoms with van der Waals surface area (Å²) in [5.41, 5.74) is 10.3. The van der Waals surface area contributed by atoms with Gasteiger partial charge in [0.05, 0.1) is 11.0 Å². The molecule has 0 atom stereocenters. The first-order valence-electron chi connectivity index (χ1n) is 6.86. The molecule has 0 radical (unpaired) electrons. The second kappa shape index (κ2) is 5.44. The van der Waals surface area contributed by atoms with Crippen molar-refractivity contribution in [2.45, 2.75) is 13.3 Å². The second-order valence-corrected chi connectivity index (χ2v) is 5.11. The van der Waals surface area contributed by atoms with Gasteiger partial charge in [-0.1, -0.05) is 6.07 Å². The molecule has 0 saturated heterocycles. The Morgan fingerprint density at radius 1 is 1.24 bits per heavy atom. The van der Waals surface area contributed by atoms with Crippen LogP contribution in [-0.4, -0.2) is 16.5 Å². The number of H-pyrrole nitrogens is 1. The Labute approximate surface area is 122 Å². The number of aromatic nitrogens is 2. The first-order chi connectivity index (χ1) is 10.1. The molecule has 0 aliphatic carbocycles. The molecule has 1 heterocycles. The van der Waals surface area contributed by atoms with Crippen molar-refractivity contribution in [3.8, 4) is 0 Å². The van der Waals surface area contributed by atoms with Crippen molar-refractivity contribution >= 4 is 22.7 Å². The van der Waals surface area contributed by atoms with Gasteiger partial charge in [-0.15, -0.1) is 0 Å². The smallest absolute Gasteiger partial charge is 0.201 e. The number of aryl methyl sites for hydroxylation is 1. The summed E-state index contributed by atoms with van der Waals surface area (Å²) in [7, 11) is 0. The summed E-state index contributed by atoms with van der Waals surface area (Å²) in [6.07, 6.45) is 0.811. The van der Waals surface area contributed by atoms with Crippen molar-refractivity contribution in [1.29, 1.82) is 0 Å². The lowest BCUT2D eigenvalue weighted by atomic mass is 10.1. The van der Waals surface area contributed by atoms with Crippen LogP contribution in [0.15, 0.2) is 36.4 Å². The first-order valence-corrected chi connectivity index (χ1v) is 6.86. The van der Waals surface area contributed by atoms with E-state index in [1.807, 2.05) is 31.2 Å². The van der Waals surface area contributed by atoms with Crippen LogP contribution in [0.3, 0.4) is 0 Å². The summed E-state index contributed by atoms with van der Waals surface area (Å²) < 4.78 is 13.0. The lowest BCUT2D eigenvalue weighted by Crippen LogP contribution is -2.07. The van der Waals surface area contributed by atoms with Crippen molar-refractivity contribution in [2.75, 3.05) is 17.6 Å². The van der Waals surface area contributed by atoms with Crippen LogP contribution in [0.2, 0.25) is 0 Å². The number of benzene rings is 2. The Kier molecular flexibility index (Phi) is 3.48. The molecule has 0 aliphatic rings. The van der Waals surface area contributed by atoms with Gasteiger partial charge in [0.25, 0.3) is 0 Å². The molecule has 108 valence electrons. The van der Waals surface area contributed by atoms with E-state index in [2.05, 4.69) is 15.3 Å². The molecule has 0 aliphatic heterocycles. The van der Waals surface area contributed by atoms with Gasteiger partial charge in [0, 0.05) is 12.2 Å². The largest absolute Gasteiger partial charge is 0.399 e. The highest BCUT2D eigenvalue weighted by atomic mass is 19.1. The minimum absolute atomic E-state index is 0.195. The molecular weight excluding hydrogens is 267 g/mol. The predicted molar refractivity (Wildman–Crippen MR) is 83.8 cm³/mol. The van der Waals surface area contributed by atoms with E-state index in [1.165, 1.54) is 6.07 Å². The third kappa shape index (κ3) is 2.97. The Balaban J connectivity index is 1.66. The number of nitrogens with one attached hydrogen (secondary N) is 2. The minimum atomic E-state index is -0.195. The average Bonchev–Trinajstić information content (AvgIpc) is 2.83. The number of imidazole rings is 1. The van der Waals surface area contributed by atoms with E-state index in [-0.39, 0.29) is 5.82 Å². The van der Waals surface area contributed by atoms with Crippen LogP contribution in [0.5, 0.6) is 0 Å². The Morgan fingerprint density at radius 3 is 2.90 bits per heavy atom. The third-order valence-corrected chi connectivity index (χ3v) is 3.50. The number of fused-ring (bicyclic) bond motifs is 1. The molecular formula is C16H17FN4. The van der Waals surface area contributed by atoms with Crippen molar-refractivity contribution < 1.29 is 4.39 Å². The molecule has 2 aromatic carbocycles. The summed E-state index contributed by atoms with van der Waals surface area (Å²) >= 11 is 0. The van der Waals surface area contributed by atoms with Gasteiger partial charge in [-0.25, -0.2) is 9.37 Å². The summed E-state index contributed by atoms with van der Waals surface area (Å²) in [6, 6.07) is 10.4. The number of rotatable bonds is 4. The molecule has 0 unspecified atom stereocenters. The monoisotopic (exact) mass is 284 g/mol. The number of halogens is 1. The Morgan fingerprint density at radius 2 is 2.10 bits per heavy atom. The molecule has 3 aromatic rings. The molecule has 4 nitrogen and oxygen atoms in total. The molecule has 0 fully saturated rings. The van der Waals surface area contributed by atoms with E-state index >= 15 is 0 Å². The topological polar surface area (TPSA) is 66.7 Å². The van der Waals surface area contributed by atoms with E-state index in [0.717, 1.165) is 41.1 Å². The average molecular weight is 284 g/mol. The quantitative estimate of drug-likeness (QED) is 0.644. The third-order valence-electron chi connectivity index (χ3n) is 3.50. The van der Waals surface area contributed by atoms with E-state index in [1.54, 1.807) is 6.07 Å². The van der Waals surface area contributed by atoms with Crippen molar-refractivity contribution in [3.63, 3.8) is 0 Å². The molecule has 0 spiro atoms. The predicted octanol–water partition coefficient (Wildman–Crippen LogP) is 3.25. The number of hydrogen-bond donors (Lipinski definition) is 3. The van der Waals surface area contributed by atoms with Crippen molar-refractivity contribution in [3.05, 3.63) is 53.3 Å². The van der Waals surface area contributed by atoms with Gasteiger partial charge in [0.2, 0.25) is 5.95 Å². The highest BCUT2D eigenvalue weighted by Crippen LogP contribution is 2.17. The fourth-order valence-corrected chi connectivity index (χ4v) is 2.37. The fourth-order valence-electron chi connectivity index (χ4n) is 2.37. The van der Waals surface area contributed by atoms with Crippen LogP contribution < -0.4 is 11.1 Å². The Hall–Kier alpha value is -2.56. The summed E-state index contributed by atoms with van der Waals surface area (Å²) in [6.45, 7) is 2.64. The lowest BCUT2D eigenvalue weighted by Gasteiger charge is -2.06. The van der Waals surface area contributed by atoms with Crippen LogP contribution in [0.25, 0.3) is 11.0 Å². The van der Waals surface area contributed by atoms with Crippen LogP contribution in [0.4, 0.5) is 16.0 Å². The summed E-state index contributed by atoms with van der Waals surface area (Å²) in [4.78, 5) is 7.62. The maximum Gasteiger partial charge on any atom is 0.201 e. The highest BCUT2D eigenvalue weighted by Gasteiger charge is 2.04. The van der Waals surface area contributed by atoms with Gasteiger partial charge in [-0.2, -0.15) is 0 Å². The molecule has 0 bridgehead atoms. The molecule has 21 heavy (non-hydrogen) atoms. The second-order valence-electron chi connectivity index (χ2n) is 5.11. The number of hydrogen-bond acceptors (Lipinski definition) is 3. The molecule has 0 amide bonds. The van der Waals surface area contributed by atoms with Gasteiger partial charge in [0.15, 0.2) is 0 Å². The van der Waals surface area contributed by atoms with Crippen molar-refractivity contribution in [1.82, 2.24) is 9.97 Å². The minimum Gasteiger partial charge on any atom is -0.399 e. The number of nitrogens with two attached hydrogens (primary N) is 1. The SMILES string of the molecule is Cc1cc(F)ccc1CCNc1nc2ccc(N)cc2[nH]1. The van der Waals surface area contributed by atoms with Crippen LogP contribution in [0, 0.1) is 12.7 Å². The number of nitrogens with zero attached hydrogens (tertiary/aromatic N) is 1. The number of nitrogen functional groups attached to an aromatic ring is 1. The van der Waals surface area contributed by atoms with Crippen LogP contribution >= 0.6 is 0 Å².